The van der Waals surface area contributed by atoms with Crippen LogP contribution in [0.4, 0.5) is 5.69 Å². The van der Waals surface area contributed by atoms with Crippen LogP contribution in [0.3, 0.4) is 0 Å². The molecule has 2 rings (SSSR count). The highest BCUT2D eigenvalue weighted by Gasteiger charge is 2.13. The van der Waals surface area contributed by atoms with E-state index in [0.29, 0.717) is 17.1 Å². The molecule has 2 N–H and O–H groups in total. The topological polar surface area (TPSA) is 59.6 Å². The first-order chi connectivity index (χ1) is 12.0. The van der Waals surface area contributed by atoms with E-state index in [1.807, 2.05) is 25.1 Å². The van der Waals surface area contributed by atoms with E-state index in [1.54, 1.807) is 18.2 Å². The Morgan fingerprint density at radius 2 is 1.76 bits per heavy atom. The van der Waals surface area contributed by atoms with Gasteiger partial charge in [-0.2, -0.15) is 0 Å². The van der Waals surface area contributed by atoms with Crippen molar-refractivity contribution in [2.45, 2.75) is 20.3 Å². The van der Waals surface area contributed by atoms with Gasteiger partial charge in [-0.25, -0.2) is 0 Å². The zero-order valence-corrected chi connectivity index (χ0v) is 15.6. The van der Waals surface area contributed by atoms with Crippen molar-refractivity contribution in [2.75, 3.05) is 19.5 Å². The van der Waals surface area contributed by atoms with Gasteiger partial charge >= 0.3 is 0 Å². The standard InChI is InChI=1S/C19H22N2O3S/c1-5-13-8-6-7-12(2)17(13)20-19(25)21-18(22)14-9-15(23-3)11-16(10-14)24-4/h6-11H,5H2,1-4H3,(H2,20,21,22,25). The van der Waals surface area contributed by atoms with Crippen molar-refractivity contribution in [3.8, 4) is 11.5 Å². The lowest BCUT2D eigenvalue weighted by atomic mass is 10.1. The van der Waals surface area contributed by atoms with E-state index in [-0.39, 0.29) is 11.0 Å². The molecule has 1 amide bonds. The summed E-state index contributed by atoms with van der Waals surface area (Å²) in [5.41, 5.74) is 3.54. The third-order valence-corrected chi connectivity index (χ3v) is 4.02. The van der Waals surface area contributed by atoms with Crippen LogP contribution in [0.2, 0.25) is 0 Å². The Balaban J connectivity index is 2.15. The van der Waals surface area contributed by atoms with Crippen LogP contribution in [-0.2, 0) is 6.42 Å². The molecular weight excluding hydrogens is 336 g/mol. The van der Waals surface area contributed by atoms with E-state index >= 15 is 0 Å². The van der Waals surface area contributed by atoms with Crippen molar-refractivity contribution in [3.63, 3.8) is 0 Å². The molecule has 0 fully saturated rings. The van der Waals surface area contributed by atoms with Gasteiger partial charge in [0.15, 0.2) is 5.11 Å². The van der Waals surface area contributed by atoms with Crippen molar-refractivity contribution < 1.29 is 14.3 Å². The Labute approximate surface area is 153 Å². The molecule has 0 aliphatic heterocycles. The summed E-state index contributed by atoms with van der Waals surface area (Å²) in [5, 5.41) is 6.07. The van der Waals surface area contributed by atoms with E-state index in [2.05, 4.69) is 17.6 Å². The van der Waals surface area contributed by atoms with Crippen molar-refractivity contribution >= 4 is 28.9 Å². The number of aryl methyl sites for hydroxylation is 2. The van der Waals surface area contributed by atoms with Gasteiger partial charge < -0.3 is 14.8 Å². The minimum atomic E-state index is -0.332. The molecule has 0 aliphatic carbocycles. The first kappa shape index (κ1) is 18.7. The highest BCUT2D eigenvalue weighted by Crippen LogP contribution is 2.23. The Kier molecular flexibility index (Phi) is 6.36. The lowest BCUT2D eigenvalue weighted by Crippen LogP contribution is -2.34. The summed E-state index contributed by atoms with van der Waals surface area (Å²) >= 11 is 5.30. The fourth-order valence-corrected chi connectivity index (χ4v) is 2.66. The predicted molar refractivity (Wildman–Crippen MR) is 104 cm³/mol. The van der Waals surface area contributed by atoms with E-state index in [1.165, 1.54) is 14.2 Å². The maximum absolute atomic E-state index is 12.5. The third-order valence-electron chi connectivity index (χ3n) is 3.82. The average Bonchev–Trinajstić information content (AvgIpc) is 2.62. The van der Waals surface area contributed by atoms with E-state index in [9.17, 15) is 4.79 Å². The molecule has 0 radical (unpaired) electrons. The molecule has 0 aliphatic rings. The number of rotatable bonds is 5. The van der Waals surface area contributed by atoms with Gasteiger partial charge in [-0.15, -0.1) is 0 Å². The third kappa shape index (κ3) is 4.70. The van der Waals surface area contributed by atoms with Gasteiger partial charge in [0.2, 0.25) is 0 Å². The van der Waals surface area contributed by atoms with Gasteiger partial charge in [0, 0.05) is 17.3 Å². The lowest BCUT2D eigenvalue weighted by Gasteiger charge is -2.15. The smallest absolute Gasteiger partial charge is 0.257 e. The number of ether oxygens (including phenoxy) is 2. The number of carbonyl (C=O) groups excluding carboxylic acids is 1. The number of carbonyl (C=O) groups is 1. The molecule has 132 valence electrons. The molecule has 0 bridgehead atoms. The Hall–Kier alpha value is -2.60. The number of thiocarbonyl (C=S) groups is 1. The van der Waals surface area contributed by atoms with Crippen LogP contribution in [0.15, 0.2) is 36.4 Å². The second kappa shape index (κ2) is 8.48. The molecule has 6 heteroatoms. The number of anilines is 1. The van der Waals surface area contributed by atoms with Gasteiger partial charge in [0.25, 0.3) is 5.91 Å². The minimum absolute atomic E-state index is 0.246. The molecule has 0 saturated carbocycles. The SMILES string of the molecule is CCc1cccc(C)c1NC(=S)NC(=O)c1cc(OC)cc(OC)c1. The minimum Gasteiger partial charge on any atom is -0.497 e. The molecule has 2 aromatic rings. The Morgan fingerprint density at radius 3 is 2.32 bits per heavy atom. The highest BCUT2D eigenvalue weighted by atomic mass is 32.1. The summed E-state index contributed by atoms with van der Waals surface area (Å²) in [5.74, 6) is 0.743. The zero-order valence-electron chi connectivity index (χ0n) is 14.8. The summed E-state index contributed by atoms with van der Waals surface area (Å²) in [4.78, 5) is 12.5. The molecule has 0 saturated heterocycles. The van der Waals surface area contributed by atoms with Crippen LogP contribution in [0.1, 0.15) is 28.4 Å². The summed E-state index contributed by atoms with van der Waals surface area (Å²) in [6.45, 7) is 4.07. The summed E-state index contributed by atoms with van der Waals surface area (Å²) in [6.07, 6.45) is 0.869. The summed E-state index contributed by atoms with van der Waals surface area (Å²) in [6, 6.07) is 11.0. The van der Waals surface area contributed by atoms with Crippen molar-refractivity contribution in [2.24, 2.45) is 0 Å². The van der Waals surface area contributed by atoms with Gasteiger partial charge in [0.1, 0.15) is 11.5 Å². The van der Waals surface area contributed by atoms with Crippen molar-refractivity contribution in [1.29, 1.82) is 0 Å². The van der Waals surface area contributed by atoms with Crippen molar-refractivity contribution in [1.82, 2.24) is 5.32 Å². The number of hydrogen-bond acceptors (Lipinski definition) is 4. The molecule has 0 aromatic heterocycles. The Bertz CT molecular complexity index is 768. The number of methoxy groups -OCH3 is 2. The number of hydrogen-bond donors (Lipinski definition) is 2. The summed E-state index contributed by atoms with van der Waals surface area (Å²) in [7, 11) is 3.07. The van der Waals surface area contributed by atoms with Gasteiger partial charge in [-0.05, 0) is 48.8 Å². The number of amides is 1. The van der Waals surface area contributed by atoms with E-state index in [0.717, 1.165) is 23.2 Å². The average molecular weight is 358 g/mol. The first-order valence-electron chi connectivity index (χ1n) is 7.92. The van der Waals surface area contributed by atoms with Crippen LogP contribution < -0.4 is 20.1 Å². The second-order valence-corrected chi connectivity index (χ2v) is 5.88. The predicted octanol–water partition coefficient (Wildman–Crippen LogP) is 3.70. The quantitative estimate of drug-likeness (QED) is 0.798. The second-order valence-electron chi connectivity index (χ2n) is 5.47. The lowest BCUT2D eigenvalue weighted by molar-refractivity contribution is 0.0977. The number of para-hydroxylation sites is 1. The largest absolute Gasteiger partial charge is 0.497 e. The van der Waals surface area contributed by atoms with Crippen LogP contribution >= 0.6 is 12.2 Å². The number of nitrogens with one attached hydrogen (secondary N) is 2. The first-order valence-corrected chi connectivity index (χ1v) is 8.33. The number of benzene rings is 2. The Morgan fingerprint density at radius 1 is 1.12 bits per heavy atom. The molecule has 0 unspecified atom stereocenters. The molecule has 0 atom stereocenters. The van der Waals surface area contributed by atoms with Gasteiger partial charge in [-0.3, -0.25) is 10.1 Å². The van der Waals surface area contributed by atoms with E-state index < -0.39 is 0 Å². The molecule has 5 nitrogen and oxygen atoms in total. The van der Waals surface area contributed by atoms with Crippen LogP contribution in [0.5, 0.6) is 11.5 Å². The zero-order chi connectivity index (χ0) is 18.4. The van der Waals surface area contributed by atoms with Crippen molar-refractivity contribution in [3.05, 3.63) is 53.1 Å². The molecule has 0 heterocycles. The monoisotopic (exact) mass is 358 g/mol. The van der Waals surface area contributed by atoms with Crippen LogP contribution in [0.25, 0.3) is 0 Å². The van der Waals surface area contributed by atoms with Gasteiger partial charge in [-0.1, -0.05) is 25.1 Å². The fraction of sp³-hybridized carbons (Fsp3) is 0.263. The molecule has 2 aromatic carbocycles. The van der Waals surface area contributed by atoms with E-state index in [4.69, 9.17) is 21.7 Å². The maximum Gasteiger partial charge on any atom is 0.257 e. The molecule has 25 heavy (non-hydrogen) atoms. The van der Waals surface area contributed by atoms with Crippen LogP contribution in [-0.4, -0.2) is 25.2 Å². The molecule has 0 spiro atoms. The van der Waals surface area contributed by atoms with Crippen LogP contribution in [0, 0.1) is 6.92 Å². The highest BCUT2D eigenvalue weighted by molar-refractivity contribution is 7.80. The fourth-order valence-electron chi connectivity index (χ4n) is 2.46. The summed E-state index contributed by atoms with van der Waals surface area (Å²) < 4.78 is 10.4. The molecular formula is C19H22N2O3S. The maximum atomic E-state index is 12.5. The normalized spacial score (nSPS) is 10.1. The van der Waals surface area contributed by atoms with Gasteiger partial charge in [0.05, 0.1) is 14.2 Å².